The minimum Gasteiger partial charge on any atom is -0.478 e. The molecule has 5 nitrogen and oxygen atoms in total. The molecule has 0 aliphatic rings. The number of hydrogen-bond acceptors (Lipinski definition) is 4. The van der Waals surface area contributed by atoms with Crippen LogP contribution in [0.3, 0.4) is 0 Å². The van der Waals surface area contributed by atoms with E-state index in [1.54, 1.807) is 12.3 Å². The van der Waals surface area contributed by atoms with E-state index in [2.05, 4.69) is 10.1 Å². The summed E-state index contributed by atoms with van der Waals surface area (Å²) in [6.45, 7) is 1.75. The third-order valence-corrected chi connectivity index (χ3v) is 2.88. The number of ether oxygens (including phenoxy) is 1. The molecule has 1 aromatic heterocycles. The molecule has 0 atom stereocenters. The second-order valence-corrected chi connectivity index (χ2v) is 4.14. The number of carbonyl (C=O) groups is 2. The molecule has 16 heavy (non-hydrogen) atoms. The van der Waals surface area contributed by atoms with Crippen molar-refractivity contribution in [3.05, 3.63) is 16.5 Å². The molecule has 0 aliphatic carbocycles. The monoisotopic (exact) mass is 263 g/mol. The molecule has 0 aromatic carbocycles. The molecule has 0 bridgehead atoms. The van der Waals surface area contributed by atoms with Crippen LogP contribution in [0.2, 0.25) is 0 Å². The Kier molecular flexibility index (Phi) is 4.57. The van der Waals surface area contributed by atoms with Crippen LogP contribution < -0.4 is 5.32 Å². The number of anilines is 1. The average molecular weight is 264 g/mol. The molecular formula is C9H10ClNO4S. The first kappa shape index (κ1) is 12.8. The number of carboxylic acids is 1. The molecule has 0 spiro atoms. The minimum absolute atomic E-state index is 0.0835. The first-order valence-electron chi connectivity index (χ1n) is 4.37. The largest absolute Gasteiger partial charge is 0.478 e. The Labute approximate surface area is 101 Å². The van der Waals surface area contributed by atoms with E-state index in [1.807, 2.05) is 0 Å². The Morgan fingerprint density at radius 2 is 2.31 bits per heavy atom. The lowest BCUT2D eigenvalue weighted by Crippen LogP contribution is -2.16. The standard InChI is InChI=1S/C9H10ClNO4S/c1-5-4-16-7(6(5)8(12)13)11-9(14)15-3-2-10/h4H,2-3H2,1H3,(H,11,14)(H,12,13). The van der Waals surface area contributed by atoms with Gasteiger partial charge < -0.3 is 9.84 Å². The quantitative estimate of drug-likeness (QED) is 0.819. The van der Waals surface area contributed by atoms with Crippen LogP contribution in [0.5, 0.6) is 0 Å². The lowest BCUT2D eigenvalue weighted by molar-refractivity contribution is 0.0698. The number of rotatable bonds is 4. The van der Waals surface area contributed by atoms with Crippen molar-refractivity contribution in [1.82, 2.24) is 0 Å². The summed E-state index contributed by atoms with van der Waals surface area (Å²) in [5.74, 6) is -0.880. The Morgan fingerprint density at radius 3 is 2.88 bits per heavy atom. The van der Waals surface area contributed by atoms with Crippen LogP contribution in [0.15, 0.2) is 5.38 Å². The van der Waals surface area contributed by atoms with Crippen LogP contribution in [0.4, 0.5) is 9.80 Å². The number of halogens is 1. The zero-order valence-electron chi connectivity index (χ0n) is 8.45. The molecule has 7 heteroatoms. The van der Waals surface area contributed by atoms with Gasteiger partial charge in [0.1, 0.15) is 11.6 Å². The fraction of sp³-hybridized carbons (Fsp3) is 0.333. The predicted octanol–water partition coefficient (Wildman–Crippen LogP) is 2.54. The highest BCUT2D eigenvalue weighted by Gasteiger charge is 2.17. The van der Waals surface area contributed by atoms with Crippen molar-refractivity contribution in [2.75, 3.05) is 17.8 Å². The number of hydrogen-bond donors (Lipinski definition) is 2. The summed E-state index contributed by atoms with van der Waals surface area (Å²) in [6.07, 6.45) is -0.704. The van der Waals surface area contributed by atoms with E-state index in [0.29, 0.717) is 5.56 Å². The third kappa shape index (κ3) is 3.11. The molecule has 1 amide bonds. The number of alkyl halides is 1. The summed E-state index contributed by atoms with van der Waals surface area (Å²) in [7, 11) is 0. The Bertz CT molecular complexity index is 404. The van der Waals surface area contributed by atoms with E-state index in [0.717, 1.165) is 11.3 Å². The Hall–Kier alpha value is -1.27. The first-order valence-corrected chi connectivity index (χ1v) is 5.78. The molecule has 0 fully saturated rings. The molecule has 0 aliphatic heterocycles. The van der Waals surface area contributed by atoms with E-state index >= 15 is 0 Å². The number of thiophene rings is 1. The van der Waals surface area contributed by atoms with Crippen LogP contribution in [0, 0.1) is 6.92 Å². The fourth-order valence-corrected chi connectivity index (χ4v) is 2.06. The van der Waals surface area contributed by atoms with E-state index in [-0.39, 0.29) is 23.1 Å². The van der Waals surface area contributed by atoms with Crippen molar-refractivity contribution in [2.45, 2.75) is 6.92 Å². The van der Waals surface area contributed by atoms with Gasteiger partial charge in [-0.3, -0.25) is 5.32 Å². The van der Waals surface area contributed by atoms with Crippen LogP contribution in [-0.4, -0.2) is 29.7 Å². The number of aromatic carboxylic acids is 1. The lowest BCUT2D eigenvalue weighted by atomic mass is 10.2. The maximum absolute atomic E-state index is 11.2. The van der Waals surface area contributed by atoms with Gasteiger partial charge in [-0.15, -0.1) is 22.9 Å². The summed E-state index contributed by atoms with van der Waals surface area (Å²) >= 11 is 6.48. The van der Waals surface area contributed by atoms with E-state index in [1.165, 1.54) is 0 Å². The number of carbonyl (C=O) groups excluding carboxylic acids is 1. The Balaban J connectivity index is 2.74. The van der Waals surface area contributed by atoms with Crippen LogP contribution in [-0.2, 0) is 4.74 Å². The zero-order valence-corrected chi connectivity index (χ0v) is 10.0. The topological polar surface area (TPSA) is 75.6 Å². The zero-order chi connectivity index (χ0) is 12.1. The van der Waals surface area contributed by atoms with Gasteiger partial charge in [0.2, 0.25) is 0 Å². The molecule has 1 aromatic rings. The van der Waals surface area contributed by atoms with Gasteiger partial charge in [-0.25, -0.2) is 9.59 Å². The van der Waals surface area contributed by atoms with Crippen molar-refractivity contribution in [3.63, 3.8) is 0 Å². The molecule has 88 valence electrons. The van der Waals surface area contributed by atoms with Gasteiger partial charge >= 0.3 is 12.1 Å². The second-order valence-electron chi connectivity index (χ2n) is 2.88. The van der Waals surface area contributed by atoms with Gasteiger partial charge in [0.05, 0.1) is 11.4 Å². The van der Waals surface area contributed by atoms with Crippen molar-refractivity contribution >= 4 is 40.0 Å². The van der Waals surface area contributed by atoms with Crippen molar-refractivity contribution in [2.24, 2.45) is 0 Å². The normalized spacial score (nSPS) is 9.88. The van der Waals surface area contributed by atoms with Crippen LogP contribution >= 0.6 is 22.9 Å². The van der Waals surface area contributed by atoms with E-state index < -0.39 is 12.1 Å². The molecule has 0 saturated carbocycles. The number of aryl methyl sites for hydroxylation is 1. The maximum atomic E-state index is 11.2. The number of nitrogens with one attached hydrogen (secondary N) is 1. The molecular weight excluding hydrogens is 254 g/mol. The third-order valence-electron chi connectivity index (χ3n) is 1.71. The van der Waals surface area contributed by atoms with Gasteiger partial charge in [0, 0.05) is 0 Å². The molecule has 2 N–H and O–H groups in total. The summed E-state index contributed by atoms with van der Waals surface area (Å²) in [5, 5.41) is 13.2. The summed E-state index contributed by atoms with van der Waals surface area (Å²) in [6, 6.07) is 0. The van der Waals surface area contributed by atoms with E-state index in [9.17, 15) is 9.59 Å². The molecule has 1 heterocycles. The van der Waals surface area contributed by atoms with Gasteiger partial charge in [-0.2, -0.15) is 0 Å². The number of amides is 1. The fourth-order valence-electron chi connectivity index (χ4n) is 1.06. The first-order chi connectivity index (χ1) is 7.56. The summed E-state index contributed by atoms with van der Waals surface area (Å²) in [5.41, 5.74) is 0.693. The predicted molar refractivity (Wildman–Crippen MR) is 61.7 cm³/mol. The maximum Gasteiger partial charge on any atom is 0.412 e. The summed E-state index contributed by atoms with van der Waals surface area (Å²) in [4.78, 5) is 22.1. The van der Waals surface area contributed by atoms with Gasteiger partial charge in [0.25, 0.3) is 0 Å². The Morgan fingerprint density at radius 1 is 1.62 bits per heavy atom. The average Bonchev–Trinajstić information content (AvgIpc) is 2.56. The molecule has 0 saturated heterocycles. The second kappa shape index (κ2) is 5.72. The van der Waals surface area contributed by atoms with Gasteiger partial charge in [0.15, 0.2) is 0 Å². The highest BCUT2D eigenvalue weighted by molar-refractivity contribution is 7.15. The van der Waals surface area contributed by atoms with Gasteiger partial charge in [-0.05, 0) is 17.9 Å². The SMILES string of the molecule is Cc1csc(NC(=O)OCCCl)c1C(=O)O. The molecule has 0 radical (unpaired) electrons. The lowest BCUT2D eigenvalue weighted by Gasteiger charge is -2.04. The number of carboxylic acid groups (broad SMARTS) is 1. The van der Waals surface area contributed by atoms with Crippen molar-refractivity contribution in [3.8, 4) is 0 Å². The highest BCUT2D eigenvalue weighted by atomic mass is 35.5. The van der Waals surface area contributed by atoms with Crippen molar-refractivity contribution in [1.29, 1.82) is 0 Å². The van der Waals surface area contributed by atoms with Crippen molar-refractivity contribution < 1.29 is 19.4 Å². The van der Waals surface area contributed by atoms with E-state index in [4.69, 9.17) is 16.7 Å². The van der Waals surface area contributed by atoms with Crippen LogP contribution in [0.1, 0.15) is 15.9 Å². The highest BCUT2D eigenvalue weighted by Crippen LogP contribution is 2.27. The summed E-state index contributed by atoms with van der Waals surface area (Å²) < 4.78 is 4.67. The van der Waals surface area contributed by atoms with Crippen LogP contribution in [0.25, 0.3) is 0 Å². The molecule has 0 unspecified atom stereocenters. The smallest absolute Gasteiger partial charge is 0.412 e. The minimum atomic E-state index is -1.08. The van der Waals surface area contributed by atoms with Gasteiger partial charge in [-0.1, -0.05) is 0 Å². The molecule has 1 rings (SSSR count).